The van der Waals surface area contributed by atoms with E-state index in [1.54, 1.807) is 0 Å². The standard InChI is InChI=1S/C17H29NO/c1-6-14(7-2)13-19-16-10-8-15(9-11-16)12-18-17(3,4)5/h8-11,14,18H,6-7,12-13H2,1-5H3. The highest BCUT2D eigenvalue weighted by atomic mass is 16.5. The van der Waals surface area contributed by atoms with Gasteiger partial charge in [-0.2, -0.15) is 0 Å². The van der Waals surface area contributed by atoms with Crippen LogP contribution in [0.4, 0.5) is 0 Å². The molecule has 2 nitrogen and oxygen atoms in total. The van der Waals surface area contributed by atoms with Crippen molar-refractivity contribution < 1.29 is 4.74 Å². The van der Waals surface area contributed by atoms with Crippen LogP contribution in [0.25, 0.3) is 0 Å². The third-order valence-electron chi connectivity index (χ3n) is 3.39. The van der Waals surface area contributed by atoms with Gasteiger partial charge in [-0.15, -0.1) is 0 Å². The van der Waals surface area contributed by atoms with E-state index >= 15 is 0 Å². The van der Waals surface area contributed by atoms with E-state index in [0.717, 1.165) is 18.9 Å². The van der Waals surface area contributed by atoms with Crippen LogP contribution >= 0.6 is 0 Å². The molecule has 0 amide bonds. The molecule has 0 atom stereocenters. The first-order valence-corrected chi connectivity index (χ1v) is 7.41. The molecule has 1 aromatic rings. The summed E-state index contributed by atoms with van der Waals surface area (Å²) in [6, 6.07) is 8.42. The van der Waals surface area contributed by atoms with E-state index in [1.807, 2.05) is 0 Å². The van der Waals surface area contributed by atoms with E-state index in [9.17, 15) is 0 Å². The summed E-state index contributed by atoms with van der Waals surface area (Å²) in [7, 11) is 0. The fourth-order valence-electron chi connectivity index (χ4n) is 1.81. The number of ether oxygens (including phenoxy) is 1. The van der Waals surface area contributed by atoms with Crippen LogP contribution in [0.1, 0.15) is 53.0 Å². The van der Waals surface area contributed by atoms with Gasteiger partial charge in [-0.1, -0.05) is 38.8 Å². The Balaban J connectivity index is 2.43. The van der Waals surface area contributed by atoms with Crippen LogP contribution in [0.15, 0.2) is 24.3 Å². The maximum atomic E-state index is 5.83. The summed E-state index contributed by atoms with van der Waals surface area (Å²) in [6.07, 6.45) is 2.37. The van der Waals surface area contributed by atoms with Crippen molar-refractivity contribution in [3.05, 3.63) is 29.8 Å². The summed E-state index contributed by atoms with van der Waals surface area (Å²) >= 11 is 0. The van der Waals surface area contributed by atoms with Crippen molar-refractivity contribution >= 4 is 0 Å². The molecule has 0 bridgehead atoms. The van der Waals surface area contributed by atoms with Gasteiger partial charge < -0.3 is 10.1 Å². The molecule has 0 saturated heterocycles. The van der Waals surface area contributed by atoms with Gasteiger partial charge in [-0.05, 0) is 44.4 Å². The van der Waals surface area contributed by atoms with Gasteiger partial charge in [-0.25, -0.2) is 0 Å². The summed E-state index contributed by atoms with van der Waals surface area (Å²) in [5.74, 6) is 1.65. The van der Waals surface area contributed by atoms with E-state index in [0.29, 0.717) is 5.92 Å². The minimum absolute atomic E-state index is 0.157. The molecular weight excluding hydrogens is 234 g/mol. The largest absolute Gasteiger partial charge is 0.493 e. The lowest BCUT2D eigenvalue weighted by molar-refractivity contribution is 0.240. The molecule has 0 heterocycles. The van der Waals surface area contributed by atoms with Crippen LogP contribution in [-0.2, 0) is 6.54 Å². The van der Waals surface area contributed by atoms with Gasteiger partial charge in [0.15, 0.2) is 0 Å². The lowest BCUT2D eigenvalue weighted by atomic mass is 10.1. The molecule has 0 radical (unpaired) electrons. The fraction of sp³-hybridized carbons (Fsp3) is 0.647. The Kier molecular flexibility index (Phi) is 6.36. The first-order valence-electron chi connectivity index (χ1n) is 7.41. The predicted octanol–water partition coefficient (Wildman–Crippen LogP) is 4.39. The summed E-state index contributed by atoms with van der Waals surface area (Å²) in [6.45, 7) is 12.7. The van der Waals surface area contributed by atoms with Crippen LogP contribution in [0.5, 0.6) is 5.75 Å². The zero-order chi connectivity index (χ0) is 14.3. The Bertz CT molecular complexity index is 347. The summed E-state index contributed by atoms with van der Waals surface area (Å²) < 4.78 is 5.83. The van der Waals surface area contributed by atoms with Crippen molar-refractivity contribution in [2.45, 2.75) is 59.5 Å². The van der Waals surface area contributed by atoms with E-state index in [2.05, 4.69) is 64.2 Å². The fourth-order valence-corrected chi connectivity index (χ4v) is 1.81. The second kappa shape index (κ2) is 7.54. The second-order valence-electron chi connectivity index (χ2n) is 6.24. The van der Waals surface area contributed by atoms with Gasteiger partial charge in [0, 0.05) is 12.1 Å². The molecule has 0 spiro atoms. The van der Waals surface area contributed by atoms with Crippen LogP contribution in [0.2, 0.25) is 0 Å². The van der Waals surface area contributed by atoms with Gasteiger partial charge in [0.2, 0.25) is 0 Å². The minimum atomic E-state index is 0.157. The molecule has 0 aliphatic carbocycles. The zero-order valence-corrected chi connectivity index (χ0v) is 13.1. The molecule has 1 rings (SSSR count). The van der Waals surface area contributed by atoms with Crippen LogP contribution in [0, 0.1) is 5.92 Å². The Morgan fingerprint density at radius 1 is 1.05 bits per heavy atom. The van der Waals surface area contributed by atoms with Crippen LogP contribution < -0.4 is 10.1 Å². The average Bonchev–Trinajstić information content (AvgIpc) is 2.38. The third-order valence-corrected chi connectivity index (χ3v) is 3.39. The molecular formula is C17H29NO. The lowest BCUT2D eigenvalue weighted by Gasteiger charge is -2.20. The monoisotopic (exact) mass is 263 g/mol. The number of hydrogen-bond acceptors (Lipinski definition) is 2. The highest BCUT2D eigenvalue weighted by molar-refractivity contribution is 5.27. The van der Waals surface area contributed by atoms with Gasteiger partial charge in [0.1, 0.15) is 5.75 Å². The number of rotatable bonds is 7. The topological polar surface area (TPSA) is 21.3 Å². The molecule has 1 N–H and O–H groups in total. The first kappa shape index (κ1) is 16.0. The quantitative estimate of drug-likeness (QED) is 0.787. The minimum Gasteiger partial charge on any atom is -0.493 e. The molecule has 0 aliphatic heterocycles. The van der Waals surface area contributed by atoms with Crippen molar-refractivity contribution in [1.29, 1.82) is 0 Å². The molecule has 108 valence electrons. The smallest absolute Gasteiger partial charge is 0.119 e. The highest BCUT2D eigenvalue weighted by Crippen LogP contribution is 2.16. The Morgan fingerprint density at radius 3 is 2.11 bits per heavy atom. The number of hydrogen-bond donors (Lipinski definition) is 1. The zero-order valence-electron chi connectivity index (χ0n) is 13.1. The summed E-state index contributed by atoms with van der Waals surface area (Å²) in [5, 5.41) is 3.49. The number of nitrogens with one attached hydrogen (secondary N) is 1. The average molecular weight is 263 g/mol. The van der Waals surface area contributed by atoms with Gasteiger partial charge in [-0.3, -0.25) is 0 Å². The van der Waals surface area contributed by atoms with Gasteiger partial charge >= 0.3 is 0 Å². The maximum absolute atomic E-state index is 5.83. The molecule has 19 heavy (non-hydrogen) atoms. The molecule has 0 aromatic heterocycles. The van der Waals surface area contributed by atoms with Crippen molar-refractivity contribution in [1.82, 2.24) is 5.32 Å². The molecule has 0 saturated carbocycles. The normalized spacial score (nSPS) is 11.9. The summed E-state index contributed by atoms with van der Waals surface area (Å²) in [5.41, 5.74) is 1.45. The van der Waals surface area contributed by atoms with E-state index < -0.39 is 0 Å². The number of benzene rings is 1. The molecule has 0 fully saturated rings. The second-order valence-corrected chi connectivity index (χ2v) is 6.24. The van der Waals surface area contributed by atoms with Crippen LogP contribution in [0.3, 0.4) is 0 Å². The van der Waals surface area contributed by atoms with Gasteiger partial charge in [0.05, 0.1) is 6.61 Å². The lowest BCUT2D eigenvalue weighted by Crippen LogP contribution is -2.35. The Labute approximate surface area is 118 Å². The van der Waals surface area contributed by atoms with E-state index in [1.165, 1.54) is 18.4 Å². The van der Waals surface area contributed by atoms with Crippen LogP contribution in [-0.4, -0.2) is 12.1 Å². The Morgan fingerprint density at radius 2 is 1.63 bits per heavy atom. The molecule has 0 unspecified atom stereocenters. The Hall–Kier alpha value is -1.02. The molecule has 2 heteroatoms. The molecule has 0 aliphatic rings. The molecule has 1 aromatic carbocycles. The highest BCUT2D eigenvalue weighted by Gasteiger charge is 2.08. The summed E-state index contributed by atoms with van der Waals surface area (Å²) in [4.78, 5) is 0. The van der Waals surface area contributed by atoms with Crippen molar-refractivity contribution in [2.24, 2.45) is 5.92 Å². The van der Waals surface area contributed by atoms with Crippen molar-refractivity contribution in [2.75, 3.05) is 6.61 Å². The van der Waals surface area contributed by atoms with Crippen molar-refractivity contribution in [3.8, 4) is 5.75 Å². The predicted molar refractivity (Wildman–Crippen MR) is 82.6 cm³/mol. The third kappa shape index (κ3) is 6.63. The SMILES string of the molecule is CCC(CC)COc1ccc(CNC(C)(C)C)cc1. The van der Waals surface area contributed by atoms with E-state index in [-0.39, 0.29) is 5.54 Å². The maximum Gasteiger partial charge on any atom is 0.119 e. The first-order chi connectivity index (χ1) is 8.94. The van der Waals surface area contributed by atoms with Gasteiger partial charge in [0.25, 0.3) is 0 Å². The van der Waals surface area contributed by atoms with E-state index in [4.69, 9.17) is 4.74 Å². The van der Waals surface area contributed by atoms with Crippen molar-refractivity contribution in [3.63, 3.8) is 0 Å².